The van der Waals surface area contributed by atoms with E-state index in [4.69, 9.17) is 9.47 Å². The second-order valence-corrected chi connectivity index (χ2v) is 22.6. The van der Waals surface area contributed by atoms with Crippen LogP contribution < -0.4 is 9.47 Å². The van der Waals surface area contributed by atoms with E-state index in [9.17, 15) is 9.90 Å². The highest BCUT2D eigenvalue weighted by molar-refractivity contribution is 5.95. The third kappa shape index (κ3) is 15.9. The number of hydrogen-bond donors (Lipinski definition) is 1. The quantitative estimate of drug-likeness (QED) is 0.0927. The number of rotatable bonds is 18. The fourth-order valence-electron chi connectivity index (χ4n) is 8.77. The van der Waals surface area contributed by atoms with Crippen LogP contribution in [0.5, 0.6) is 17.4 Å². The molecule has 0 spiro atoms. The molecule has 7 aromatic rings. The highest BCUT2D eigenvalue weighted by Crippen LogP contribution is 2.35. The van der Waals surface area contributed by atoms with Crippen LogP contribution >= 0.6 is 0 Å². The molecule has 0 amide bonds. The second kappa shape index (κ2) is 26.0. The number of benzene rings is 5. The van der Waals surface area contributed by atoms with Gasteiger partial charge in [-0.15, -0.1) is 0 Å². The van der Waals surface area contributed by atoms with Crippen molar-refractivity contribution in [1.82, 2.24) is 9.55 Å². The molecule has 0 radical (unpaired) electrons. The predicted molar refractivity (Wildman–Crippen MR) is 304 cm³/mol. The van der Waals surface area contributed by atoms with Crippen molar-refractivity contribution in [3.05, 3.63) is 190 Å². The summed E-state index contributed by atoms with van der Waals surface area (Å²) >= 11 is 0. The van der Waals surface area contributed by atoms with Crippen LogP contribution in [0.15, 0.2) is 140 Å². The van der Waals surface area contributed by atoms with Crippen molar-refractivity contribution in [2.45, 2.75) is 147 Å². The molecule has 0 aliphatic rings. The van der Waals surface area contributed by atoms with Gasteiger partial charge in [0.2, 0.25) is 5.88 Å². The van der Waals surface area contributed by atoms with Crippen LogP contribution in [-0.4, -0.2) is 27.7 Å². The highest BCUT2D eigenvalue weighted by Gasteiger charge is 2.23. The monoisotopic (exact) mass is 971 g/mol. The van der Waals surface area contributed by atoms with E-state index < -0.39 is 5.97 Å². The van der Waals surface area contributed by atoms with E-state index in [1.165, 1.54) is 38.9 Å². The maximum atomic E-state index is 11.9. The minimum atomic E-state index is -0.882. The maximum absolute atomic E-state index is 11.9. The summed E-state index contributed by atoms with van der Waals surface area (Å²) < 4.78 is 13.0. The molecule has 0 saturated heterocycles. The van der Waals surface area contributed by atoms with Crippen LogP contribution in [0.1, 0.15) is 183 Å². The highest BCUT2D eigenvalue weighted by atomic mass is 16.5. The van der Waals surface area contributed by atoms with Crippen LogP contribution in [0.3, 0.4) is 0 Å². The number of fused-ring (bicyclic) bond motifs is 1. The summed E-state index contributed by atoms with van der Waals surface area (Å²) in [6, 6.07) is 46.6. The lowest BCUT2D eigenvalue weighted by Gasteiger charge is -2.29. The summed E-state index contributed by atoms with van der Waals surface area (Å²) in [6.07, 6.45) is 3.98. The first kappa shape index (κ1) is 56.8. The van der Waals surface area contributed by atoms with Crippen molar-refractivity contribution in [3.63, 3.8) is 0 Å². The smallest absolute Gasteiger partial charge is 0.352 e. The summed E-state index contributed by atoms with van der Waals surface area (Å²) in [6.45, 7) is 34.2. The number of aromatic carboxylic acids is 1. The topological polar surface area (TPSA) is 73.6 Å². The lowest BCUT2D eigenvalue weighted by molar-refractivity contribution is 0.0686. The molecule has 2 atom stereocenters. The first-order valence-corrected chi connectivity index (χ1v) is 26.5. The number of nitrogens with zero attached hydrogens (tertiary/aromatic N) is 2. The Balaban J connectivity index is 0.000000203. The standard InChI is InChI=1S/C25H31NO2.C21H29NO.C20H26O/c1-16(2)18(5)12-20-8-11-23-22(13-20)14-24(25(27)28)26(23)15-19-6-9-21(10-7-19)17(3)4;1-15(2)18-9-12-20(22-14-18)23-19-10-7-17(8-11-19)13-21(5,6)16(3)4;1-14(2)16-6-8-17(9-7-16)20(15(3)4)18-10-12-19(21-5)13-11-18/h6-11,13-14,16-18H,12,15H2,1-5H3,(H,27,28);7-12,14-16H,13H2,1-6H3;6-15,20H,1-5H3. The van der Waals surface area contributed by atoms with Crippen LogP contribution in [0, 0.1) is 29.1 Å². The number of carboxylic acid groups (broad SMARTS) is 1. The normalized spacial score (nSPS) is 12.5. The zero-order chi connectivity index (χ0) is 52.9. The Morgan fingerprint density at radius 3 is 1.53 bits per heavy atom. The van der Waals surface area contributed by atoms with Gasteiger partial charge < -0.3 is 19.1 Å². The predicted octanol–water partition coefficient (Wildman–Crippen LogP) is 18.2. The Bertz CT molecular complexity index is 2720. The van der Waals surface area contributed by atoms with Crippen LogP contribution in [0.4, 0.5) is 0 Å². The summed E-state index contributed by atoms with van der Waals surface area (Å²) in [7, 11) is 1.71. The summed E-state index contributed by atoms with van der Waals surface area (Å²) in [5.74, 6) is 5.93. The van der Waals surface area contributed by atoms with E-state index in [-0.39, 0.29) is 0 Å². The molecule has 0 fully saturated rings. The van der Waals surface area contributed by atoms with Gasteiger partial charge in [0.1, 0.15) is 17.2 Å². The Hall–Kier alpha value is -6.14. The van der Waals surface area contributed by atoms with Crippen LogP contribution in [0.25, 0.3) is 10.9 Å². The molecule has 2 aromatic heterocycles. The van der Waals surface area contributed by atoms with E-state index in [1.54, 1.807) is 7.11 Å². The number of carboxylic acids is 1. The van der Waals surface area contributed by atoms with E-state index >= 15 is 0 Å². The molecule has 0 aliphatic carbocycles. The Kier molecular flexibility index (Phi) is 20.5. The fraction of sp³-hybridized carbons (Fsp3) is 0.424. The minimum absolute atomic E-state index is 0.302. The Morgan fingerprint density at radius 2 is 1.06 bits per heavy atom. The van der Waals surface area contributed by atoms with E-state index in [2.05, 4.69) is 206 Å². The molecule has 7 rings (SSSR count). The lowest BCUT2D eigenvalue weighted by atomic mass is 9.76. The molecule has 0 aliphatic heterocycles. The molecule has 6 heteroatoms. The molecule has 0 bridgehead atoms. The molecular weight excluding hydrogens is 885 g/mol. The number of methoxy groups -OCH3 is 1. The minimum Gasteiger partial charge on any atom is -0.497 e. The van der Waals surface area contributed by atoms with Gasteiger partial charge in [0.05, 0.1) is 7.11 Å². The Morgan fingerprint density at radius 1 is 0.569 bits per heavy atom. The number of carbonyl (C=O) groups is 1. The molecule has 72 heavy (non-hydrogen) atoms. The first-order valence-electron chi connectivity index (χ1n) is 26.5. The van der Waals surface area contributed by atoms with Gasteiger partial charge in [-0.05, 0) is 147 Å². The van der Waals surface area contributed by atoms with Gasteiger partial charge in [-0.25, -0.2) is 9.78 Å². The van der Waals surface area contributed by atoms with Crippen molar-refractivity contribution in [1.29, 1.82) is 0 Å². The second-order valence-electron chi connectivity index (χ2n) is 22.6. The first-order chi connectivity index (χ1) is 34.1. The van der Waals surface area contributed by atoms with Gasteiger partial charge >= 0.3 is 5.97 Å². The zero-order valence-corrected chi connectivity index (χ0v) is 46.6. The number of hydrogen-bond acceptors (Lipinski definition) is 4. The van der Waals surface area contributed by atoms with E-state index in [0.717, 1.165) is 40.8 Å². The Labute approximate surface area is 434 Å². The molecular formula is C66H86N2O4. The average Bonchev–Trinajstić information content (AvgIpc) is 3.70. The summed E-state index contributed by atoms with van der Waals surface area (Å²) in [4.78, 5) is 16.2. The largest absolute Gasteiger partial charge is 0.497 e. The molecule has 2 heterocycles. The van der Waals surface area contributed by atoms with Crippen molar-refractivity contribution >= 4 is 16.9 Å². The van der Waals surface area contributed by atoms with Crippen LogP contribution in [-0.2, 0) is 19.4 Å². The summed E-state index contributed by atoms with van der Waals surface area (Å²) in [5.41, 5.74) is 12.0. The van der Waals surface area contributed by atoms with Gasteiger partial charge in [-0.2, -0.15) is 0 Å². The van der Waals surface area contributed by atoms with Crippen LogP contribution in [0.2, 0.25) is 0 Å². The summed E-state index contributed by atoms with van der Waals surface area (Å²) in [5, 5.41) is 10.7. The zero-order valence-electron chi connectivity index (χ0n) is 46.6. The SMILES string of the molecule is CC(C)c1ccc(Cn2c(C(=O)O)cc3cc(CC(C)C(C)C)ccc32)cc1.CC(C)c1ccc(Oc2ccc(CC(C)(C)C(C)C)cc2)nc1.COc1ccc(C(c2ccc(C(C)C)cc2)C(C)C)cc1. The van der Waals surface area contributed by atoms with E-state index in [0.29, 0.717) is 70.9 Å². The lowest BCUT2D eigenvalue weighted by Crippen LogP contribution is -2.21. The molecule has 0 saturated carbocycles. The van der Waals surface area contributed by atoms with Crippen molar-refractivity contribution in [2.75, 3.05) is 7.11 Å². The van der Waals surface area contributed by atoms with Crippen molar-refractivity contribution in [2.24, 2.45) is 29.1 Å². The third-order valence-electron chi connectivity index (χ3n) is 14.8. The maximum Gasteiger partial charge on any atom is 0.352 e. The van der Waals surface area contributed by atoms with Gasteiger partial charge in [0.25, 0.3) is 0 Å². The third-order valence-corrected chi connectivity index (χ3v) is 14.8. The number of pyridine rings is 1. The number of ether oxygens (including phenoxy) is 2. The van der Waals surface area contributed by atoms with Gasteiger partial charge in [0, 0.05) is 35.6 Å². The molecule has 384 valence electrons. The average molecular weight is 971 g/mol. The van der Waals surface area contributed by atoms with Gasteiger partial charge in [0.15, 0.2) is 0 Å². The van der Waals surface area contributed by atoms with Crippen molar-refractivity contribution in [3.8, 4) is 17.4 Å². The van der Waals surface area contributed by atoms with Gasteiger partial charge in [-0.1, -0.05) is 189 Å². The van der Waals surface area contributed by atoms with Gasteiger partial charge in [-0.3, -0.25) is 0 Å². The molecule has 5 aromatic carbocycles. The molecule has 6 nitrogen and oxygen atoms in total. The fourth-order valence-corrected chi connectivity index (χ4v) is 8.77. The molecule has 1 N–H and O–H groups in total. The number of aromatic nitrogens is 2. The van der Waals surface area contributed by atoms with Crippen molar-refractivity contribution < 1.29 is 19.4 Å². The molecule has 2 unspecified atom stereocenters. The van der Waals surface area contributed by atoms with E-state index in [1.807, 2.05) is 47.2 Å².